The normalized spacial score (nSPS) is 28.8. The summed E-state index contributed by atoms with van der Waals surface area (Å²) in [6.45, 7) is 2.07. The fraction of sp³-hybridized carbons (Fsp3) is 0.625. The van der Waals surface area contributed by atoms with E-state index in [1.54, 1.807) is 0 Å². The number of carbonyl (C=O) groups is 1. The standard InChI is InChI=1S/C8H12O2S/c1-6-7(5-8(9)10)3-2-4-11-6/h5-6H,2-4H2,1H3,(H,9,10). The fourth-order valence-corrected chi connectivity index (χ4v) is 2.26. The minimum absolute atomic E-state index is 0.403. The van der Waals surface area contributed by atoms with Crippen LogP contribution < -0.4 is 0 Å². The number of hydrogen-bond donors (Lipinski definition) is 1. The zero-order chi connectivity index (χ0) is 8.27. The van der Waals surface area contributed by atoms with Gasteiger partial charge >= 0.3 is 5.97 Å². The molecule has 62 valence electrons. The predicted octanol–water partition coefficient (Wildman–Crippen LogP) is 1.91. The molecule has 1 N–H and O–H groups in total. The number of hydrogen-bond acceptors (Lipinski definition) is 2. The molecule has 1 aliphatic heterocycles. The molecule has 1 rings (SSSR count). The maximum absolute atomic E-state index is 10.3. The van der Waals surface area contributed by atoms with E-state index in [-0.39, 0.29) is 0 Å². The van der Waals surface area contributed by atoms with Gasteiger partial charge in [0.15, 0.2) is 0 Å². The van der Waals surface area contributed by atoms with Crippen molar-refractivity contribution in [3.8, 4) is 0 Å². The van der Waals surface area contributed by atoms with E-state index < -0.39 is 5.97 Å². The van der Waals surface area contributed by atoms with Gasteiger partial charge in [-0.3, -0.25) is 0 Å². The first kappa shape index (κ1) is 8.65. The monoisotopic (exact) mass is 172 g/mol. The smallest absolute Gasteiger partial charge is 0.328 e. The van der Waals surface area contributed by atoms with Crippen molar-refractivity contribution >= 4 is 17.7 Å². The summed E-state index contributed by atoms with van der Waals surface area (Å²) in [6.07, 6.45) is 3.44. The van der Waals surface area contributed by atoms with E-state index in [0.717, 1.165) is 24.2 Å². The van der Waals surface area contributed by atoms with E-state index in [0.29, 0.717) is 5.25 Å². The van der Waals surface area contributed by atoms with Crippen molar-refractivity contribution in [2.24, 2.45) is 0 Å². The van der Waals surface area contributed by atoms with E-state index in [2.05, 4.69) is 6.92 Å². The maximum Gasteiger partial charge on any atom is 0.328 e. The Bertz CT molecular complexity index is 187. The largest absolute Gasteiger partial charge is 0.478 e. The highest BCUT2D eigenvalue weighted by Gasteiger charge is 2.15. The van der Waals surface area contributed by atoms with Crippen LogP contribution in [-0.4, -0.2) is 22.1 Å². The van der Waals surface area contributed by atoms with E-state index in [9.17, 15) is 4.79 Å². The van der Waals surface area contributed by atoms with Gasteiger partial charge in [-0.05, 0) is 25.5 Å². The van der Waals surface area contributed by atoms with Gasteiger partial charge in [0.05, 0.1) is 0 Å². The van der Waals surface area contributed by atoms with Gasteiger partial charge in [0.2, 0.25) is 0 Å². The van der Waals surface area contributed by atoms with Crippen LogP contribution in [0.15, 0.2) is 11.6 Å². The van der Waals surface area contributed by atoms with Crippen LogP contribution in [-0.2, 0) is 4.79 Å². The highest BCUT2D eigenvalue weighted by molar-refractivity contribution is 8.00. The molecule has 1 heterocycles. The van der Waals surface area contributed by atoms with E-state index in [4.69, 9.17) is 5.11 Å². The quantitative estimate of drug-likeness (QED) is 0.614. The Balaban J connectivity index is 2.60. The topological polar surface area (TPSA) is 37.3 Å². The minimum Gasteiger partial charge on any atom is -0.478 e. The van der Waals surface area contributed by atoms with Gasteiger partial charge < -0.3 is 5.11 Å². The van der Waals surface area contributed by atoms with Crippen molar-refractivity contribution in [2.75, 3.05) is 5.75 Å². The van der Waals surface area contributed by atoms with Crippen LogP contribution in [0.2, 0.25) is 0 Å². The summed E-state index contributed by atoms with van der Waals surface area (Å²) in [7, 11) is 0. The van der Waals surface area contributed by atoms with Crippen molar-refractivity contribution in [2.45, 2.75) is 25.0 Å². The summed E-state index contributed by atoms with van der Waals surface area (Å²) in [4.78, 5) is 10.3. The van der Waals surface area contributed by atoms with E-state index in [1.165, 1.54) is 6.08 Å². The molecule has 0 aromatic rings. The summed E-state index contributed by atoms with van der Waals surface area (Å²) in [6, 6.07) is 0. The highest BCUT2D eigenvalue weighted by Crippen LogP contribution is 2.29. The number of thioether (sulfide) groups is 1. The molecule has 0 aliphatic carbocycles. The molecular weight excluding hydrogens is 160 g/mol. The Hall–Kier alpha value is -0.440. The van der Waals surface area contributed by atoms with E-state index >= 15 is 0 Å². The van der Waals surface area contributed by atoms with Crippen molar-refractivity contribution in [1.82, 2.24) is 0 Å². The van der Waals surface area contributed by atoms with Crippen LogP contribution in [0.25, 0.3) is 0 Å². The molecule has 0 bridgehead atoms. The Kier molecular flexibility index (Phi) is 3.00. The van der Waals surface area contributed by atoms with Gasteiger partial charge in [0.1, 0.15) is 0 Å². The lowest BCUT2D eigenvalue weighted by Gasteiger charge is -2.20. The molecule has 1 saturated heterocycles. The summed E-state index contributed by atoms with van der Waals surface area (Å²) >= 11 is 1.84. The average Bonchev–Trinajstić information content (AvgIpc) is 1.93. The predicted molar refractivity (Wildman–Crippen MR) is 46.9 cm³/mol. The molecule has 2 nitrogen and oxygen atoms in total. The molecule has 0 amide bonds. The molecule has 0 saturated carbocycles. The van der Waals surface area contributed by atoms with Crippen molar-refractivity contribution in [3.63, 3.8) is 0 Å². The molecule has 1 aliphatic rings. The highest BCUT2D eigenvalue weighted by atomic mass is 32.2. The van der Waals surface area contributed by atoms with Gasteiger partial charge in [-0.25, -0.2) is 4.79 Å². The summed E-state index contributed by atoms with van der Waals surface area (Å²) in [5.41, 5.74) is 1.08. The number of carboxylic acids is 1. The first-order chi connectivity index (χ1) is 5.20. The van der Waals surface area contributed by atoms with Crippen molar-refractivity contribution < 1.29 is 9.90 Å². The third kappa shape index (κ3) is 2.58. The van der Waals surface area contributed by atoms with Crippen LogP contribution in [0.5, 0.6) is 0 Å². The van der Waals surface area contributed by atoms with Gasteiger partial charge in [0.25, 0.3) is 0 Å². The molecule has 3 heteroatoms. The molecule has 1 unspecified atom stereocenters. The second-order valence-electron chi connectivity index (χ2n) is 2.67. The molecule has 0 aromatic carbocycles. The van der Waals surface area contributed by atoms with Gasteiger partial charge in [-0.2, -0.15) is 11.8 Å². The number of aliphatic carboxylic acids is 1. The first-order valence-electron chi connectivity index (χ1n) is 3.75. The number of rotatable bonds is 1. The summed E-state index contributed by atoms with van der Waals surface area (Å²) in [5, 5.41) is 8.90. The van der Waals surface area contributed by atoms with Crippen LogP contribution in [0.4, 0.5) is 0 Å². The fourth-order valence-electron chi connectivity index (χ4n) is 1.19. The molecule has 1 atom stereocenters. The second kappa shape index (κ2) is 3.81. The van der Waals surface area contributed by atoms with Gasteiger partial charge in [-0.15, -0.1) is 0 Å². The third-order valence-corrected chi connectivity index (χ3v) is 3.14. The summed E-state index contributed by atoms with van der Waals surface area (Å²) in [5.74, 6) is 0.354. The van der Waals surface area contributed by atoms with Gasteiger partial charge in [-0.1, -0.05) is 5.57 Å². The Morgan fingerprint density at radius 3 is 3.09 bits per heavy atom. The molecule has 0 aromatic heterocycles. The Morgan fingerprint density at radius 1 is 1.82 bits per heavy atom. The zero-order valence-corrected chi connectivity index (χ0v) is 7.36. The molecule has 0 radical (unpaired) electrons. The zero-order valence-electron chi connectivity index (χ0n) is 6.54. The first-order valence-corrected chi connectivity index (χ1v) is 4.80. The maximum atomic E-state index is 10.3. The van der Waals surface area contributed by atoms with Crippen molar-refractivity contribution in [3.05, 3.63) is 11.6 Å². The SMILES string of the molecule is CC1SCCCC1=CC(=O)O. The lowest BCUT2D eigenvalue weighted by atomic mass is 10.1. The second-order valence-corrected chi connectivity index (χ2v) is 4.12. The summed E-state index contributed by atoms with van der Waals surface area (Å²) < 4.78 is 0. The van der Waals surface area contributed by atoms with E-state index in [1.807, 2.05) is 11.8 Å². The lowest BCUT2D eigenvalue weighted by Crippen LogP contribution is -2.10. The third-order valence-electron chi connectivity index (χ3n) is 1.81. The average molecular weight is 172 g/mol. The lowest BCUT2D eigenvalue weighted by molar-refractivity contribution is -0.131. The van der Waals surface area contributed by atoms with Gasteiger partial charge in [0, 0.05) is 11.3 Å². The number of carboxylic acid groups (broad SMARTS) is 1. The van der Waals surface area contributed by atoms with Crippen LogP contribution in [0, 0.1) is 0 Å². The minimum atomic E-state index is -0.811. The van der Waals surface area contributed by atoms with Crippen LogP contribution >= 0.6 is 11.8 Å². The Morgan fingerprint density at radius 2 is 2.55 bits per heavy atom. The van der Waals surface area contributed by atoms with Crippen LogP contribution in [0.3, 0.4) is 0 Å². The van der Waals surface area contributed by atoms with Crippen LogP contribution in [0.1, 0.15) is 19.8 Å². The molecule has 11 heavy (non-hydrogen) atoms. The van der Waals surface area contributed by atoms with Crippen molar-refractivity contribution in [1.29, 1.82) is 0 Å². The Labute approximate surface area is 70.7 Å². The molecule has 1 fully saturated rings. The molecule has 0 spiro atoms. The molecular formula is C8H12O2S.